The van der Waals surface area contributed by atoms with Crippen LogP contribution in [0.15, 0.2) is 140 Å². The van der Waals surface area contributed by atoms with E-state index in [9.17, 15) is 27.2 Å². The largest absolute Gasteiger partial charge is 1.00 e. The first-order valence-corrected chi connectivity index (χ1v) is 15.3. The summed E-state index contributed by atoms with van der Waals surface area (Å²) >= 11 is 0. The van der Waals surface area contributed by atoms with Gasteiger partial charge >= 0.3 is 44.0 Å². The quantitative estimate of drug-likeness (QED) is 0.0620. The first kappa shape index (κ1) is 42.9. The summed E-state index contributed by atoms with van der Waals surface area (Å²) in [6, 6.07) is 45.2. The van der Waals surface area contributed by atoms with Gasteiger partial charge in [0.25, 0.3) is 0 Å². The van der Waals surface area contributed by atoms with Gasteiger partial charge in [-0.05, 0) is 66.5 Å². The fourth-order valence-electron chi connectivity index (χ4n) is 3.76. The van der Waals surface area contributed by atoms with Gasteiger partial charge in [0.1, 0.15) is 5.75 Å². The Morgan fingerprint density at radius 2 is 1.06 bits per heavy atom. The smallest absolute Gasteiger partial charge is 1.00 e. The minimum absolute atomic E-state index is 0. The molecule has 5 aromatic rings. The molecule has 247 valence electrons. The molecule has 0 unspecified atom stereocenters. The Bertz CT molecular complexity index is 1530. The van der Waals surface area contributed by atoms with Crippen LogP contribution in [0.3, 0.4) is 0 Å². The normalized spacial score (nSPS) is 9.77. The second-order valence-corrected chi connectivity index (χ2v) is 12.0. The topological polar surface area (TPSA) is 77.4 Å². The van der Waals surface area contributed by atoms with Crippen LogP contribution in [0.5, 0.6) is 5.75 Å². The summed E-state index contributed by atoms with van der Waals surface area (Å²) in [4.78, 5) is 11.3. The maximum atomic E-state index is 11.3. The number of carboxylic acid groups (broad SMARTS) is 1. The van der Waals surface area contributed by atoms with Gasteiger partial charge < -0.3 is 27.5 Å². The zero-order valence-electron chi connectivity index (χ0n) is 26.0. The standard InChI is InChI=1S/C19H15O2P.C10H14.C6H6O.CO.BF4.Ru/c20-19(21)15-8-7-13-18(14-15)22(16-9-3-1-4-10-16)17-11-5-2-6-12-17;1-8(2)10-6-4-9(3)5-7-10;7-6-4-2-1-3-5-6;1-2;2-1(3,4)5;/h1-14H,(H,20,21);4-8H,1-3H3;1-5,7H;;;/q;;;;-1;+1. The molecule has 0 aromatic heterocycles. The van der Waals surface area contributed by atoms with Crippen LogP contribution in [0.4, 0.5) is 17.3 Å². The number of aromatic carboxylic acids is 1. The number of phenols is 1. The first-order valence-electron chi connectivity index (χ1n) is 14.0. The molecule has 0 aliphatic carbocycles. The molecule has 0 fully saturated rings. The molecule has 0 bridgehead atoms. The van der Waals surface area contributed by atoms with E-state index in [0.717, 1.165) is 5.30 Å². The summed E-state index contributed by atoms with van der Waals surface area (Å²) in [6.45, 7) is 11.0. The molecule has 0 spiro atoms. The van der Waals surface area contributed by atoms with Crippen molar-refractivity contribution in [3.63, 3.8) is 0 Å². The molecule has 47 heavy (non-hydrogen) atoms. The summed E-state index contributed by atoms with van der Waals surface area (Å²) in [5, 5.41) is 21.3. The Balaban J connectivity index is 0.000000700. The molecule has 1 radical (unpaired) electrons. The molecule has 0 heterocycles. The summed E-state index contributed by atoms with van der Waals surface area (Å²) < 4.78 is 46.5. The molecule has 5 aromatic carbocycles. The van der Waals surface area contributed by atoms with Crippen LogP contribution >= 0.6 is 7.92 Å². The predicted octanol–water partition coefficient (Wildman–Crippen LogP) is 8.91. The van der Waals surface area contributed by atoms with E-state index in [1.165, 1.54) is 21.7 Å². The van der Waals surface area contributed by atoms with Gasteiger partial charge in [-0.3, -0.25) is 0 Å². The van der Waals surface area contributed by atoms with Gasteiger partial charge in [0.05, 0.1) is 5.56 Å². The third kappa shape index (κ3) is 18.6. The van der Waals surface area contributed by atoms with E-state index in [0.29, 0.717) is 17.2 Å². The third-order valence-electron chi connectivity index (χ3n) is 5.88. The van der Waals surface area contributed by atoms with Crippen LogP contribution in [0.1, 0.15) is 41.3 Å². The van der Waals surface area contributed by atoms with Crippen LogP contribution < -0.4 is 15.9 Å². The van der Waals surface area contributed by atoms with Crippen LogP contribution in [-0.2, 0) is 24.1 Å². The number of hydrogen-bond acceptors (Lipinski definition) is 2. The van der Waals surface area contributed by atoms with Gasteiger partial charge in [-0.2, -0.15) is 0 Å². The Morgan fingerprint density at radius 3 is 1.40 bits per heavy atom. The molecule has 0 saturated carbocycles. The second-order valence-electron chi connectivity index (χ2n) is 9.76. The number of phenolic OH excluding ortho intramolecular Hbond substituents is 1. The van der Waals surface area contributed by atoms with Crippen LogP contribution in [0.25, 0.3) is 0 Å². The molecule has 4 nitrogen and oxygen atoms in total. The van der Waals surface area contributed by atoms with E-state index in [-0.39, 0.29) is 19.5 Å². The van der Waals surface area contributed by atoms with Crippen molar-refractivity contribution < 1.29 is 56.4 Å². The zero-order chi connectivity index (χ0) is 34.5. The van der Waals surface area contributed by atoms with Crippen molar-refractivity contribution in [3.05, 3.63) is 163 Å². The van der Waals surface area contributed by atoms with Crippen molar-refractivity contribution in [1.29, 1.82) is 0 Å². The van der Waals surface area contributed by atoms with Crippen molar-refractivity contribution in [3.8, 4) is 5.75 Å². The number of benzene rings is 5. The number of rotatable bonds is 5. The number of aryl methyl sites for hydroxylation is 1. The van der Waals surface area contributed by atoms with E-state index < -0.39 is 21.1 Å². The average molecular weight is 751 g/mol. The number of halogens is 4. The van der Waals surface area contributed by atoms with Gasteiger partial charge in [0.15, 0.2) is 0 Å². The first-order chi connectivity index (χ1) is 21.8. The van der Waals surface area contributed by atoms with Crippen molar-refractivity contribution in [2.45, 2.75) is 26.7 Å². The summed E-state index contributed by atoms with van der Waals surface area (Å²) in [5.41, 5.74) is 3.09. The van der Waals surface area contributed by atoms with E-state index in [1.807, 2.05) is 54.6 Å². The van der Waals surface area contributed by atoms with Gasteiger partial charge in [0.2, 0.25) is 0 Å². The summed E-state index contributed by atoms with van der Waals surface area (Å²) in [6.07, 6.45) is 0. The molecule has 2 N–H and O–H groups in total. The molecule has 5 rings (SSSR count). The van der Waals surface area contributed by atoms with Crippen LogP contribution in [0.2, 0.25) is 0 Å². The summed E-state index contributed by atoms with van der Waals surface area (Å²) in [7, 11) is -6.75. The Hall–Kier alpha value is -4.05. The van der Waals surface area contributed by atoms with Crippen LogP contribution in [-0.4, -0.2) is 23.4 Å². The van der Waals surface area contributed by atoms with Crippen molar-refractivity contribution >= 4 is 37.1 Å². The van der Waals surface area contributed by atoms with Crippen molar-refractivity contribution in [1.82, 2.24) is 0 Å². The molecule has 0 aliphatic heterocycles. The Kier molecular flexibility index (Phi) is 21.3. The molecular weight excluding hydrogens is 715 g/mol. The van der Waals surface area contributed by atoms with Gasteiger partial charge in [-0.25, -0.2) is 4.79 Å². The molecular formula is C36H35BF4O4PRu. The second kappa shape index (κ2) is 23.3. The maximum absolute atomic E-state index is 11.3. The molecule has 0 aliphatic rings. The fraction of sp³-hybridized carbons (Fsp3) is 0.111. The molecule has 11 heteroatoms. The minimum atomic E-state index is -6.00. The minimum Gasteiger partial charge on any atom is 1.00 e. The van der Waals surface area contributed by atoms with E-state index in [1.54, 1.807) is 36.4 Å². The number of carboxylic acids is 1. The number of aromatic hydroxyl groups is 1. The zero-order valence-corrected chi connectivity index (χ0v) is 28.6. The third-order valence-corrected chi connectivity index (χ3v) is 8.30. The summed E-state index contributed by atoms with van der Waals surface area (Å²) in [5.74, 6) is 0.0843. The monoisotopic (exact) mass is 751 g/mol. The SMILES string of the molecule is Cc1ccc(C(C)C)cc1.F[B-](F)(F)F.O=C(O)c1cccc(P(c2ccccc2)c2ccccc2)c1.Oc1ccccc1.[C-]#[O+].[Ru+]. The maximum Gasteiger partial charge on any atom is 1.00 e. The fourth-order valence-corrected chi connectivity index (χ4v) is 6.10. The predicted molar refractivity (Wildman–Crippen MR) is 180 cm³/mol. The van der Waals surface area contributed by atoms with Crippen molar-refractivity contribution in [2.75, 3.05) is 0 Å². The van der Waals surface area contributed by atoms with E-state index in [2.05, 4.69) is 76.0 Å². The van der Waals surface area contributed by atoms with Gasteiger partial charge in [-0.1, -0.05) is 135 Å². The molecule has 0 atom stereocenters. The van der Waals surface area contributed by atoms with Gasteiger partial charge in [0, 0.05) is 0 Å². The Morgan fingerprint density at radius 1 is 0.681 bits per heavy atom. The molecule has 0 amide bonds. The number of para-hydroxylation sites is 1. The number of hydrogen-bond donors (Lipinski definition) is 2. The van der Waals surface area contributed by atoms with E-state index >= 15 is 0 Å². The molecule has 0 saturated heterocycles. The van der Waals surface area contributed by atoms with Gasteiger partial charge in [-0.15, -0.1) is 0 Å². The van der Waals surface area contributed by atoms with E-state index in [4.69, 9.17) is 9.76 Å². The Labute approximate surface area is 287 Å². The average Bonchev–Trinajstić information content (AvgIpc) is 3.04. The number of carbonyl (C=O) groups is 1. The van der Waals surface area contributed by atoms with Crippen molar-refractivity contribution in [2.24, 2.45) is 0 Å². The van der Waals surface area contributed by atoms with Crippen LogP contribution in [0, 0.1) is 13.6 Å².